The highest BCUT2D eigenvalue weighted by Crippen LogP contribution is 2.40. The van der Waals surface area contributed by atoms with E-state index in [4.69, 9.17) is 18.7 Å². The molecule has 0 amide bonds. The van der Waals surface area contributed by atoms with Crippen LogP contribution in [0, 0.1) is 5.92 Å². The molecule has 32 heavy (non-hydrogen) atoms. The fraction of sp³-hybridized carbons (Fsp3) is 0.417. The van der Waals surface area contributed by atoms with Gasteiger partial charge in [0.25, 0.3) is 0 Å². The molecule has 0 aliphatic carbocycles. The number of aliphatic hydroxyl groups is 1. The molecular weight excluding hydrogens is 410 g/mol. The minimum absolute atomic E-state index is 0.173. The lowest BCUT2D eigenvalue weighted by Gasteiger charge is -2.20. The topological polar surface area (TPSA) is 98.9 Å². The second kappa shape index (κ2) is 11.0. The molecule has 3 aromatic rings. The van der Waals surface area contributed by atoms with E-state index < -0.39 is 6.10 Å². The van der Waals surface area contributed by atoms with Crippen molar-refractivity contribution in [3.8, 4) is 28.6 Å². The zero-order valence-electron chi connectivity index (χ0n) is 19.2. The normalized spacial score (nSPS) is 13.1. The summed E-state index contributed by atoms with van der Waals surface area (Å²) >= 11 is 0. The number of rotatable bonds is 11. The van der Waals surface area contributed by atoms with Gasteiger partial charge in [0.15, 0.2) is 11.5 Å². The fourth-order valence-electron chi connectivity index (χ4n) is 3.52. The summed E-state index contributed by atoms with van der Waals surface area (Å²) in [5.41, 5.74) is 1.77. The smallest absolute Gasteiger partial charge is 0.244 e. The molecule has 3 rings (SSSR count). The first-order valence-electron chi connectivity index (χ1n) is 10.6. The summed E-state index contributed by atoms with van der Waals surface area (Å²) in [5, 5.41) is 18.0. The Bertz CT molecular complexity index is 965. The third kappa shape index (κ3) is 5.57. The zero-order valence-corrected chi connectivity index (χ0v) is 19.2. The minimum atomic E-state index is -0.531. The second-order valence-corrected chi connectivity index (χ2v) is 7.84. The summed E-state index contributed by atoms with van der Waals surface area (Å²) in [6.45, 7) is 4.52. The molecule has 2 aromatic carbocycles. The highest BCUT2D eigenvalue weighted by atomic mass is 16.5. The third-order valence-corrected chi connectivity index (χ3v) is 5.18. The maximum absolute atomic E-state index is 10.5. The van der Waals surface area contributed by atoms with Crippen LogP contribution in [-0.4, -0.2) is 49.2 Å². The third-order valence-electron chi connectivity index (χ3n) is 5.18. The van der Waals surface area contributed by atoms with Crippen molar-refractivity contribution in [1.29, 1.82) is 0 Å². The second-order valence-electron chi connectivity index (χ2n) is 7.84. The van der Waals surface area contributed by atoms with Gasteiger partial charge in [0.2, 0.25) is 17.5 Å². The van der Waals surface area contributed by atoms with Gasteiger partial charge < -0.3 is 29.2 Å². The maximum atomic E-state index is 10.5. The van der Waals surface area contributed by atoms with Crippen LogP contribution in [-0.2, 0) is 6.42 Å². The number of hydrogen-bond donors (Lipinski definition) is 2. The van der Waals surface area contributed by atoms with Gasteiger partial charge in [0.05, 0.1) is 33.5 Å². The number of ether oxygens (including phenoxy) is 3. The Morgan fingerprint density at radius 2 is 1.66 bits per heavy atom. The minimum Gasteiger partial charge on any atom is -0.493 e. The summed E-state index contributed by atoms with van der Waals surface area (Å²) in [5.74, 6) is 2.56. The molecule has 172 valence electrons. The summed E-state index contributed by atoms with van der Waals surface area (Å²) < 4.78 is 21.8. The molecule has 8 heteroatoms. The van der Waals surface area contributed by atoms with Crippen LogP contribution in [0.1, 0.15) is 31.3 Å². The Morgan fingerprint density at radius 1 is 1.00 bits per heavy atom. The van der Waals surface area contributed by atoms with Crippen molar-refractivity contribution in [2.45, 2.75) is 32.4 Å². The number of aromatic nitrogens is 2. The van der Waals surface area contributed by atoms with Crippen LogP contribution in [0.25, 0.3) is 11.4 Å². The van der Waals surface area contributed by atoms with E-state index in [0.717, 1.165) is 5.56 Å². The molecule has 0 aliphatic heterocycles. The van der Waals surface area contributed by atoms with Crippen LogP contribution in [0.5, 0.6) is 17.2 Å². The van der Waals surface area contributed by atoms with Crippen molar-refractivity contribution < 1.29 is 23.8 Å². The largest absolute Gasteiger partial charge is 0.493 e. The Hall–Kier alpha value is -3.10. The molecule has 0 radical (unpaired) electrons. The molecule has 0 saturated heterocycles. The molecular formula is C24H31N3O5. The van der Waals surface area contributed by atoms with E-state index in [1.165, 1.54) is 0 Å². The number of hydrogen-bond acceptors (Lipinski definition) is 8. The van der Waals surface area contributed by atoms with E-state index in [1.807, 2.05) is 30.3 Å². The Labute approximate surface area is 188 Å². The van der Waals surface area contributed by atoms with Crippen molar-refractivity contribution in [2.75, 3.05) is 27.9 Å². The molecule has 0 bridgehead atoms. The molecule has 8 nitrogen and oxygen atoms in total. The standard InChI is InChI=1S/C24H31N3O5/c1-15(2)21(25-14-18(28)11-16-9-7-6-8-10-16)24-26-23(27-32-24)17-12-19(29-3)22(31-5)20(13-17)30-4/h6-10,12-13,15,18,21,25,28H,11,14H2,1-5H3. The van der Waals surface area contributed by atoms with Crippen molar-refractivity contribution >= 4 is 0 Å². The van der Waals surface area contributed by atoms with Gasteiger partial charge in [-0.15, -0.1) is 0 Å². The molecule has 2 unspecified atom stereocenters. The predicted octanol–water partition coefficient (Wildman–Crippen LogP) is 3.65. The molecule has 2 atom stereocenters. The highest BCUT2D eigenvalue weighted by molar-refractivity contribution is 5.66. The average molecular weight is 442 g/mol. The number of nitrogens with zero attached hydrogens (tertiary/aromatic N) is 2. The molecule has 0 aliphatic rings. The van der Waals surface area contributed by atoms with Crippen LogP contribution < -0.4 is 19.5 Å². The Balaban J connectivity index is 1.75. The lowest BCUT2D eigenvalue weighted by molar-refractivity contribution is 0.158. The van der Waals surface area contributed by atoms with E-state index >= 15 is 0 Å². The van der Waals surface area contributed by atoms with Gasteiger partial charge in [-0.05, 0) is 30.0 Å². The first kappa shape index (κ1) is 23.6. The fourth-order valence-corrected chi connectivity index (χ4v) is 3.52. The zero-order chi connectivity index (χ0) is 23.1. The van der Waals surface area contributed by atoms with Crippen molar-refractivity contribution in [3.63, 3.8) is 0 Å². The van der Waals surface area contributed by atoms with Crippen LogP contribution in [0.15, 0.2) is 47.0 Å². The Morgan fingerprint density at radius 3 is 2.22 bits per heavy atom. The molecule has 0 saturated carbocycles. The molecule has 1 heterocycles. The van der Waals surface area contributed by atoms with Crippen molar-refractivity contribution in [2.24, 2.45) is 5.92 Å². The van der Waals surface area contributed by atoms with E-state index in [-0.39, 0.29) is 12.0 Å². The highest BCUT2D eigenvalue weighted by Gasteiger charge is 2.24. The van der Waals surface area contributed by atoms with Gasteiger partial charge in [-0.2, -0.15) is 4.98 Å². The molecule has 1 aromatic heterocycles. The SMILES string of the molecule is COc1cc(-c2noc(C(NCC(O)Cc3ccccc3)C(C)C)n2)cc(OC)c1OC. The summed E-state index contributed by atoms with van der Waals surface area (Å²) in [4.78, 5) is 4.60. The van der Waals surface area contributed by atoms with E-state index in [9.17, 15) is 5.11 Å². The van der Waals surface area contributed by atoms with E-state index in [2.05, 4.69) is 29.3 Å². The maximum Gasteiger partial charge on any atom is 0.244 e. The Kier molecular flexibility index (Phi) is 8.08. The van der Waals surface area contributed by atoms with Crippen molar-refractivity contribution in [1.82, 2.24) is 15.5 Å². The molecule has 0 spiro atoms. The van der Waals surface area contributed by atoms with Gasteiger partial charge in [-0.25, -0.2) is 0 Å². The van der Waals surface area contributed by atoms with Gasteiger partial charge in [-0.3, -0.25) is 0 Å². The number of nitrogens with one attached hydrogen (secondary N) is 1. The lowest BCUT2D eigenvalue weighted by Crippen LogP contribution is -2.34. The van der Waals surface area contributed by atoms with Gasteiger partial charge >= 0.3 is 0 Å². The molecule has 0 fully saturated rings. The quantitative estimate of drug-likeness (QED) is 0.465. The van der Waals surface area contributed by atoms with Gasteiger partial charge in [-0.1, -0.05) is 49.3 Å². The summed E-state index contributed by atoms with van der Waals surface area (Å²) in [7, 11) is 4.67. The van der Waals surface area contributed by atoms with Crippen LogP contribution in [0.2, 0.25) is 0 Å². The first-order valence-corrected chi connectivity index (χ1v) is 10.6. The summed E-state index contributed by atoms with van der Waals surface area (Å²) in [6.07, 6.45) is 0.0373. The van der Waals surface area contributed by atoms with Crippen LogP contribution in [0.4, 0.5) is 0 Å². The number of benzene rings is 2. The predicted molar refractivity (Wildman–Crippen MR) is 121 cm³/mol. The van der Waals surface area contributed by atoms with Gasteiger partial charge in [0, 0.05) is 12.1 Å². The first-order chi connectivity index (χ1) is 15.5. The summed E-state index contributed by atoms with van der Waals surface area (Å²) in [6, 6.07) is 13.3. The number of aliphatic hydroxyl groups excluding tert-OH is 1. The average Bonchev–Trinajstić information content (AvgIpc) is 3.28. The monoisotopic (exact) mass is 441 g/mol. The van der Waals surface area contributed by atoms with Crippen LogP contribution >= 0.6 is 0 Å². The number of methoxy groups -OCH3 is 3. The van der Waals surface area contributed by atoms with E-state index in [1.54, 1.807) is 33.5 Å². The van der Waals surface area contributed by atoms with E-state index in [0.29, 0.717) is 47.5 Å². The van der Waals surface area contributed by atoms with Crippen molar-refractivity contribution in [3.05, 3.63) is 53.9 Å². The van der Waals surface area contributed by atoms with Crippen LogP contribution in [0.3, 0.4) is 0 Å². The van der Waals surface area contributed by atoms with Gasteiger partial charge in [0.1, 0.15) is 0 Å². The lowest BCUT2D eigenvalue weighted by atomic mass is 10.0. The molecule has 2 N–H and O–H groups in total.